The van der Waals surface area contributed by atoms with Gasteiger partial charge in [0.2, 0.25) is 0 Å². The molecule has 90 valence electrons. The Bertz CT molecular complexity index is 527. The maximum absolute atomic E-state index is 13.2. The second-order valence-electron chi connectivity index (χ2n) is 3.39. The van der Waals surface area contributed by atoms with E-state index in [0.717, 1.165) is 0 Å². The summed E-state index contributed by atoms with van der Waals surface area (Å²) in [5.41, 5.74) is 0.538. The van der Waals surface area contributed by atoms with Crippen LogP contribution in [0.15, 0.2) is 39.4 Å². The van der Waals surface area contributed by atoms with Gasteiger partial charge >= 0.3 is 0 Å². The van der Waals surface area contributed by atoms with E-state index in [1.54, 1.807) is 12.1 Å². The maximum atomic E-state index is 13.2. The predicted octanol–water partition coefficient (Wildman–Crippen LogP) is 4.52. The monoisotopic (exact) mass is 318 g/mol. The van der Waals surface area contributed by atoms with Crippen molar-refractivity contribution in [2.75, 3.05) is 7.11 Å². The van der Waals surface area contributed by atoms with Gasteiger partial charge in [-0.05, 0) is 46.3 Å². The Labute approximate surface area is 111 Å². The number of halogens is 3. The molecule has 17 heavy (non-hydrogen) atoms. The fourth-order valence-corrected chi connectivity index (χ4v) is 2.13. The smallest absolute Gasteiger partial charge is 0.169 e. The Kier molecular flexibility index (Phi) is 3.74. The SMILES string of the molecule is COc1ccc(F)cc1C(Cl)c1ccc(Br)o1. The molecule has 5 heteroatoms. The first kappa shape index (κ1) is 12.5. The van der Waals surface area contributed by atoms with Gasteiger partial charge in [-0.25, -0.2) is 4.39 Å². The van der Waals surface area contributed by atoms with Crippen molar-refractivity contribution in [2.45, 2.75) is 5.38 Å². The van der Waals surface area contributed by atoms with E-state index >= 15 is 0 Å². The summed E-state index contributed by atoms with van der Waals surface area (Å²) in [7, 11) is 1.51. The van der Waals surface area contributed by atoms with Gasteiger partial charge in [-0.2, -0.15) is 0 Å². The Morgan fingerprint density at radius 2 is 2.12 bits per heavy atom. The lowest BCUT2D eigenvalue weighted by atomic mass is 10.1. The first-order valence-corrected chi connectivity index (χ1v) is 6.07. The number of furan rings is 1. The molecule has 0 N–H and O–H groups in total. The van der Waals surface area contributed by atoms with Crippen LogP contribution < -0.4 is 4.74 Å². The minimum absolute atomic E-state index is 0.364. The van der Waals surface area contributed by atoms with Crippen molar-refractivity contribution in [3.63, 3.8) is 0 Å². The first-order chi connectivity index (χ1) is 8.11. The van der Waals surface area contributed by atoms with Gasteiger partial charge in [0.05, 0.1) is 7.11 Å². The van der Waals surface area contributed by atoms with Gasteiger partial charge in [-0.3, -0.25) is 0 Å². The van der Waals surface area contributed by atoms with Gasteiger partial charge < -0.3 is 9.15 Å². The molecule has 2 rings (SSSR count). The fourth-order valence-electron chi connectivity index (χ4n) is 1.52. The second kappa shape index (κ2) is 5.10. The Balaban J connectivity index is 2.42. The van der Waals surface area contributed by atoms with Crippen LogP contribution in [0, 0.1) is 5.82 Å². The molecular formula is C12H9BrClFO2. The number of benzene rings is 1. The summed E-state index contributed by atoms with van der Waals surface area (Å²) in [5, 5.41) is -0.591. The van der Waals surface area contributed by atoms with Crippen LogP contribution in [0.2, 0.25) is 0 Å². The molecule has 1 aromatic heterocycles. The highest BCUT2D eigenvalue weighted by atomic mass is 79.9. The number of hydrogen-bond acceptors (Lipinski definition) is 2. The van der Waals surface area contributed by atoms with Crippen LogP contribution in [0.3, 0.4) is 0 Å². The molecule has 0 bridgehead atoms. The van der Waals surface area contributed by atoms with Crippen LogP contribution in [-0.4, -0.2) is 7.11 Å². The second-order valence-corrected chi connectivity index (χ2v) is 4.61. The lowest BCUT2D eigenvalue weighted by Gasteiger charge is -2.12. The highest BCUT2D eigenvalue weighted by Crippen LogP contribution is 2.36. The molecule has 1 heterocycles. The average Bonchev–Trinajstić information content (AvgIpc) is 2.75. The van der Waals surface area contributed by atoms with Gasteiger partial charge in [-0.15, -0.1) is 11.6 Å². The highest BCUT2D eigenvalue weighted by Gasteiger charge is 2.19. The molecule has 0 amide bonds. The van der Waals surface area contributed by atoms with E-state index in [1.807, 2.05) is 0 Å². The van der Waals surface area contributed by atoms with Crippen molar-refractivity contribution in [2.24, 2.45) is 0 Å². The number of ether oxygens (including phenoxy) is 1. The zero-order valence-corrected chi connectivity index (χ0v) is 11.3. The van der Waals surface area contributed by atoms with Crippen molar-refractivity contribution in [1.29, 1.82) is 0 Å². The van der Waals surface area contributed by atoms with Crippen LogP contribution in [-0.2, 0) is 0 Å². The molecule has 0 radical (unpaired) electrons. The predicted molar refractivity (Wildman–Crippen MR) is 67.1 cm³/mol. The Hall–Kier alpha value is -1.000. The number of rotatable bonds is 3. The summed E-state index contributed by atoms with van der Waals surface area (Å²) < 4.78 is 24.3. The molecule has 2 aromatic rings. The van der Waals surface area contributed by atoms with E-state index in [-0.39, 0.29) is 5.82 Å². The molecule has 0 aliphatic rings. The number of alkyl halides is 1. The highest BCUT2D eigenvalue weighted by molar-refractivity contribution is 9.10. The van der Waals surface area contributed by atoms with E-state index in [1.165, 1.54) is 25.3 Å². The largest absolute Gasteiger partial charge is 0.496 e. The standard InChI is InChI=1S/C12H9BrClFO2/c1-16-9-3-2-7(15)6-8(9)12(14)10-4-5-11(13)17-10/h2-6,12H,1H3. The first-order valence-electron chi connectivity index (χ1n) is 4.84. The van der Waals surface area contributed by atoms with Gasteiger partial charge in [-0.1, -0.05) is 0 Å². The quantitative estimate of drug-likeness (QED) is 0.776. The van der Waals surface area contributed by atoms with E-state index < -0.39 is 5.38 Å². The van der Waals surface area contributed by atoms with Crippen LogP contribution in [0.25, 0.3) is 0 Å². The zero-order valence-electron chi connectivity index (χ0n) is 8.91. The summed E-state index contributed by atoms with van der Waals surface area (Å²) in [6.07, 6.45) is 0. The third-order valence-electron chi connectivity index (χ3n) is 2.31. The van der Waals surface area contributed by atoms with E-state index in [4.69, 9.17) is 20.8 Å². The van der Waals surface area contributed by atoms with E-state index in [2.05, 4.69) is 15.9 Å². The third kappa shape index (κ3) is 2.64. The van der Waals surface area contributed by atoms with Crippen LogP contribution in [0.1, 0.15) is 16.7 Å². The number of methoxy groups -OCH3 is 1. The Morgan fingerprint density at radius 1 is 1.35 bits per heavy atom. The minimum atomic E-state index is -0.591. The molecule has 0 saturated heterocycles. The minimum Gasteiger partial charge on any atom is -0.496 e. The van der Waals surface area contributed by atoms with Crippen LogP contribution >= 0.6 is 27.5 Å². The van der Waals surface area contributed by atoms with Gasteiger partial charge in [0, 0.05) is 5.56 Å². The van der Waals surface area contributed by atoms with Crippen molar-refractivity contribution in [1.82, 2.24) is 0 Å². The van der Waals surface area contributed by atoms with Crippen molar-refractivity contribution >= 4 is 27.5 Å². The zero-order chi connectivity index (χ0) is 12.4. The van der Waals surface area contributed by atoms with E-state index in [9.17, 15) is 4.39 Å². The maximum Gasteiger partial charge on any atom is 0.169 e. The molecule has 1 aromatic carbocycles. The van der Waals surface area contributed by atoms with Crippen LogP contribution in [0.4, 0.5) is 4.39 Å². The Morgan fingerprint density at radius 3 is 2.71 bits per heavy atom. The van der Waals surface area contributed by atoms with Crippen LogP contribution in [0.5, 0.6) is 5.75 Å². The van der Waals surface area contributed by atoms with Gasteiger partial charge in [0.15, 0.2) is 4.67 Å². The molecule has 1 unspecified atom stereocenters. The van der Waals surface area contributed by atoms with Crippen molar-refractivity contribution < 1.29 is 13.5 Å². The van der Waals surface area contributed by atoms with Gasteiger partial charge in [0.1, 0.15) is 22.7 Å². The van der Waals surface area contributed by atoms with E-state index in [0.29, 0.717) is 21.7 Å². The average molecular weight is 320 g/mol. The summed E-state index contributed by atoms with van der Waals surface area (Å²) in [5.74, 6) is 0.693. The fraction of sp³-hybridized carbons (Fsp3) is 0.167. The molecule has 1 atom stereocenters. The molecule has 0 spiro atoms. The molecule has 0 fully saturated rings. The lowest BCUT2D eigenvalue weighted by Crippen LogP contribution is -1.97. The molecular weight excluding hydrogens is 310 g/mol. The normalized spacial score (nSPS) is 12.5. The lowest BCUT2D eigenvalue weighted by molar-refractivity contribution is 0.406. The third-order valence-corrected chi connectivity index (χ3v) is 3.18. The molecule has 0 saturated carbocycles. The summed E-state index contributed by atoms with van der Waals surface area (Å²) in [4.78, 5) is 0. The molecule has 0 aliphatic heterocycles. The summed E-state index contributed by atoms with van der Waals surface area (Å²) in [6.45, 7) is 0. The number of hydrogen-bond donors (Lipinski definition) is 0. The summed E-state index contributed by atoms with van der Waals surface area (Å²) in [6, 6.07) is 7.66. The van der Waals surface area contributed by atoms with Gasteiger partial charge in [0.25, 0.3) is 0 Å². The van der Waals surface area contributed by atoms with Crippen molar-refractivity contribution in [3.8, 4) is 5.75 Å². The summed E-state index contributed by atoms with van der Waals surface area (Å²) >= 11 is 9.43. The molecule has 2 nitrogen and oxygen atoms in total. The topological polar surface area (TPSA) is 22.4 Å². The van der Waals surface area contributed by atoms with Crippen molar-refractivity contribution in [3.05, 3.63) is 52.1 Å². The molecule has 0 aliphatic carbocycles.